The van der Waals surface area contributed by atoms with Crippen molar-refractivity contribution in [3.8, 4) is 0 Å². The Bertz CT molecular complexity index is 36.5. The Morgan fingerprint density at radius 2 is 1.67 bits per heavy atom. The van der Waals surface area contributed by atoms with Crippen LogP contribution in [0.1, 0.15) is 0 Å². The molecular formula is H3ClEuO2SiSr. The van der Waals surface area contributed by atoms with Crippen molar-refractivity contribution in [2.45, 2.75) is 0 Å². The van der Waals surface area contributed by atoms with Gasteiger partial charge in [-0.25, -0.2) is 0 Å². The Kier molecular flexibility index (Phi) is 29.6. The number of hydrogen-bond acceptors (Lipinski definition) is 1. The van der Waals surface area contributed by atoms with Crippen LogP contribution in [0.5, 0.6) is 0 Å². The Morgan fingerprint density at radius 3 is 1.67 bits per heavy atom. The van der Waals surface area contributed by atoms with Crippen molar-refractivity contribution in [2.24, 2.45) is 0 Å². The summed E-state index contributed by atoms with van der Waals surface area (Å²) in [5, 5.41) is 0. The maximum atomic E-state index is 8.95. The van der Waals surface area contributed by atoms with Gasteiger partial charge in [-0.1, -0.05) is 0 Å². The second kappa shape index (κ2) is 11.0. The summed E-state index contributed by atoms with van der Waals surface area (Å²) in [7, 11) is -2.66. The number of rotatable bonds is 0. The summed E-state index contributed by atoms with van der Waals surface area (Å²) in [6.45, 7) is 0. The standard InChI is InChI=1S/ClHO2Si.Eu.Sr.2H/c1-4(2)3;;;;/h2H;;;;. The Morgan fingerprint density at radius 1 is 1.67 bits per heavy atom. The van der Waals surface area contributed by atoms with Gasteiger partial charge in [-0.05, 0) is 11.1 Å². The van der Waals surface area contributed by atoms with Crippen LogP contribution in [0.15, 0.2) is 0 Å². The quantitative estimate of drug-likeness (QED) is 0.441. The molecule has 0 aromatic rings. The summed E-state index contributed by atoms with van der Waals surface area (Å²) in [5.74, 6) is 0. The van der Waals surface area contributed by atoms with Crippen molar-refractivity contribution in [1.82, 2.24) is 0 Å². The van der Waals surface area contributed by atoms with Gasteiger partial charge in [0.15, 0.2) is 0 Å². The summed E-state index contributed by atoms with van der Waals surface area (Å²) in [4.78, 5) is 7.37. The summed E-state index contributed by atoms with van der Waals surface area (Å²) < 4.78 is 8.95. The van der Waals surface area contributed by atoms with E-state index in [1.54, 1.807) is 0 Å². The van der Waals surface area contributed by atoms with Crippen molar-refractivity contribution < 1.29 is 58.6 Å². The molecule has 1 radical (unpaired) electrons. The molecule has 0 unspecified atom stereocenters. The summed E-state index contributed by atoms with van der Waals surface area (Å²) in [6, 6.07) is 0. The molecule has 0 saturated carbocycles. The molecule has 1 N–H and O–H groups in total. The van der Waals surface area contributed by atoms with E-state index < -0.39 is 8.24 Å². The molecular weight excluding hydrogens is 335 g/mol. The second-order valence-corrected chi connectivity index (χ2v) is 1.73. The van der Waals surface area contributed by atoms with Crippen molar-refractivity contribution in [2.75, 3.05) is 0 Å². The van der Waals surface area contributed by atoms with E-state index >= 15 is 0 Å². The zero-order valence-electron chi connectivity index (χ0n) is 2.11. The molecule has 2 nitrogen and oxygen atoms in total. The first-order chi connectivity index (χ1) is 1.73. The third-order valence-corrected chi connectivity index (χ3v) is 0. The Labute approximate surface area is 120 Å². The molecule has 0 aliphatic rings. The van der Waals surface area contributed by atoms with E-state index in [1.165, 1.54) is 0 Å². The van der Waals surface area contributed by atoms with E-state index in [-0.39, 0.29) is 94.9 Å². The Hall–Kier alpha value is 3.17. The van der Waals surface area contributed by atoms with Crippen LogP contribution in [-0.4, -0.2) is 58.5 Å². The summed E-state index contributed by atoms with van der Waals surface area (Å²) >= 11 is 4.38. The van der Waals surface area contributed by atoms with Gasteiger partial charge in [-0.3, -0.25) is 0 Å². The van der Waals surface area contributed by atoms with Crippen LogP contribution in [0.25, 0.3) is 0 Å². The summed E-state index contributed by atoms with van der Waals surface area (Å²) in [6.07, 6.45) is 0. The molecule has 35 valence electrons. The SMILES string of the molecule is O=[Si](O)Cl.[Eu].[SrH2]. The average molecular weight is 338 g/mol. The Balaban J connectivity index is -0.0000000450. The molecule has 0 fully saturated rings. The van der Waals surface area contributed by atoms with Gasteiger partial charge in [0.05, 0.1) is 0 Å². The molecule has 0 rings (SSSR count). The number of halogens is 1. The summed E-state index contributed by atoms with van der Waals surface area (Å²) in [5.41, 5.74) is 0. The molecule has 0 saturated heterocycles. The van der Waals surface area contributed by atoms with Crippen molar-refractivity contribution >= 4 is 64.8 Å². The first-order valence-corrected chi connectivity index (χ1v) is 2.98. The normalized spacial score (nSPS) is 4.17. The fourth-order valence-corrected chi connectivity index (χ4v) is 0. The van der Waals surface area contributed by atoms with Gasteiger partial charge in [-0.2, -0.15) is 0 Å². The monoisotopic (exact) mass is 339 g/mol. The van der Waals surface area contributed by atoms with E-state index in [9.17, 15) is 0 Å². The van der Waals surface area contributed by atoms with Gasteiger partial charge in [0.1, 0.15) is 0 Å². The third kappa shape index (κ3) is 27.2. The first-order valence-electron chi connectivity index (χ1n) is 0.617. The molecule has 0 aliphatic carbocycles. The zero-order chi connectivity index (χ0) is 3.58. The van der Waals surface area contributed by atoms with Crippen molar-refractivity contribution in [3.05, 3.63) is 0 Å². The molecule has 0 atom stereocenters. The van der Waals surface area contributed by atoms with Crippen LogP contribution in [-0.2, 0) is 4.46 Å². The van der Waals surface area contributed by atoms with Crippen molar-refractivity contribution in [1.29, 1.82) is 0 Å². The van der Waals surface area contributed by atoms with Crippen LogP contribution in [0.2, 0.25) is 0 Å². The van der Waals surface area contributed by atoms with Gasteiger partial charge in [0.25, 0.3) is 0 Å². The maximum absolute atomic E-state index is 8.95. The predicted octanol–water partition coefficient (Wildman–Crippen LogP) is -1.28. The molecule has 6 heteroatoms. The van der Waals surface area contributed by atoms with E-state index in [0.29, 0.717) is 0 Å². The zero-order valence-corrected chi connectivity index (χ0v) is 6.29. The third-order valence-electron chi connectivity index (χ3n) is 0. The van der Waals surface area contributed by atoms with Crippen LogP contribution < -0.4 is 0 Å². The van der Waals surface area contributed by atoms with Gasteiger partial charge in [-0.15, -0.1) is 0 Å². The van der Waals surface area contributed by atoms with Crippen molar-refractivity contribution in [3.63, 3.8) is 0 Å². The van der Waals surface area contributed by atoms with E-state index in [1.807, 2.05) is 0 Å². The van der Waals surface area contributed by atoms with Crippen LogP contribution in [0.4, 0.5) is 0 Å². The van der Waals surface area contributed by atoms with Gasteiger partial charge >= 0.3 is 53.7 Å². The van der Waals surface area contributed by atoms with E-state index in [0.717, 1.165) is 0 Å². The molecule has 0 heterocycles. The van der Waals surface area contributed by atoms with Gasteiger partial charge in [0.2, 0.25) is 0 Å². The average Bonchev–Trinajstić information content (AvgIpc) is 0.811. The van der Waals surface area contributed by atoms with E-state index in [2.05, 4.69) is 11.1 Å². The van der Waals surface area contributed by atoms with E-state index in [4.69, 9.17) is 9.26 Å². The molecule has 0 aliphatic heterocycles. The van der Waals surface area contributed by atoms with Crippen LogP contribution >= 0.6 is 11.1 Å². The predicted molar refractivity (Wildman–Crippen MR) is 23.1 cm³/mol. The molecule has 0 aromatic carbocycles. The minimum absolute atomic E-state index is 0. The number of hydrogen-bond donors (Lipinski definition) is 1. The molecule has 0 bridgehead atoms. The minimum atomic E-state index is -2.66. The fraction of sp³-hybridized carbons (Fsp3) is 0. The molecule has 0 amide bonds. The molecule has 0 spiro atoms. The van der Waals surface area contributed by atoms with Gasteiger partial charge in [0, 0.05) is 49.4 Å². The molecule has 0 aromatic heterocycles. The van der Waals surface area contributed by atoms with Gasteiger partial charge < -0.3 is 9.26 Å². The topological polar surface area (TPSA) is 37.3 Å². The van der Waals surface area contributed by atoms with Crippen LogP contribution in [0, 0.1) is 49.4 Å². The first kappa shape index (κ1) is 16.1. The van der Waals surface area contributed by atoms with Crippen LogP contribution in [0.3, 0.4) is 0 Å². The molecule has 6 heavy (non-hydrogen) atoms. The second-order valence-electron chi connectivity index (χ2n) is 0.253. The fourth-order valence-electron chi connectivity index (χ4n) is 0.